The van der Waals surface area contributed by atoms with Gasteiger partial charge in [-0.2, -0.15) is 0 Å². The first-order valence-electron chi connectivity index (χ1n) is 7.47. The Morgan fingerprint density at radius 2 is 1.83 bits per heavy atom. The SMILES string of the molecule is Cc1ccc(Nc2sc(C(=O)C(C)(C)C)c(C)c2C(=O)O)c(F)c1. The second-order valence-corrected chi connectivity index (χ2v) is 7.77. The summed E-state index contributed by atoms with van der Waals surface area (Å²) < 4.78 is 14.1. The number of Topliss-reactive ketones (excluding diaryl/α,β-unsaturated/α-hetero) is 1. The summed E-state index contributed by atoms with van der Waals surface area (Å²) in [5.41, 5.74) is 0.731. The number of rotatable bonds is 4. The molecule has 0 aliphatic heterocycles. The van der Waals surface area contributed by atoms with Gasteiger partial charge in [-0.25, -0.2) is 9.18 Å². The molecule has 1 aromatic carbocycles. The van der Waals surface area contributed by atoms with E-state index in [2.05, 4.69) is 5.32 Å². The van der Waals surface area contributed by atoms with Crippen LogP contribution in [-0.4, -0.2) is 16.9 Å². The Hall–Kier alpha value is -2.21. The highest BCUT2D eigenvalue weighted by molar-refractivity contribution is 7.18. The van der Waals surface area contributed by atoms with E-state index >= 15 is 0 Å². The molecule has 24 heavy (non-hydrogen) atoms. The first kappa shape index (κ1) is 18.1. The average molecular weight is 349 g/mol. The zero-order valence-corrected chi connectivity index (χ0v) is 15.1. The Balaban J connectivity index is 2.53. The monoisotopic (exact) mass is 349 g/mol. The van der Waals surface area contributed by atoms with Crippen molar-refractivity contribution < 1.29 is 19.1 Å². The molecule has 0 unspecified atom stereocenters. The first-order chi connectivity index (χ1) is 11.0. The van der Waals surface area contributed by atoms with Crippen molar-refractivity contribution in [2.75, 3.05) is 5.32 Å². The molecule has 0 aliphatic carbocycles. The van der Waals surface area contributed by atoms with Crippen molar-refractivity contribution in [2.45, 2.75) is 34.6 Å². The third-order valence-electron chi connectivity index (χ3n) is 3.62. The van der Waals surface area contributed by atoms with Gasteiger partial charge in [-0.05, 0) is 37.1 Å². The number of hydrogen-bond acceptors (Lipinski definition) is 4. The second kappa shape index (κ2) is 6.36. The van der Waals surface area contributed by atoms with Crippen molar-refractivity contribution in [3.05, 3.63) is 45.6 Å². The Kier molecular flexibility index (Phi) is 4.80. The molecule has 6 heteroatoms. The van der Waals surface area contributed by atoms with Gasteiger partial charge in [0, 0.05) is 5.41 Å². The van der Waals surface area contributed by atoms with Crippen LogP contribution in [0.15, 0.2) is 18.2 Å². The lowest BCUT2D eigenvalue weighted by Crippen LogP contribution is -2.20. The van der Waals surface area contributed by atoms with Crippen LogP contribution in [0.5, 0.6) is 0 Å². The van der Waals surface area contributed by atoms with Crippen LogP contribution in [0.3, 0.4) is 0 Å². The normalized spacial score (nSPS) is 11.4. The quantitative estimate of drug-likeness (QED) is 0.747. The maximum atomic E-state index is 14.1. The minimum atomic E-state index is -1.15. The second-order valence-electron chi connectivity index (χ2n) is 6.75. The number of benzene rings is 1. The van der Waals surface area contributed by atoms with Gasteiger partial charge >= 0.3 is 5.97 Å². The zero-order chi connectivity index (χ0) is 18.2. The smallest absolute Gasteiger partial charge is 0.339 e. The minimum Gasteiger partial charge on any atom is -0.478 e. The van der Waals surface area contributed by atoms with E-state index < -0.39 is 17.2 Å². The molecular formula is C18H20FNO3S. The molecule has 128 valence electrons. The average Bonchev–Trinajstić information content (AvgIpc) is 2.76. The molecule has 0 aliphatic rings. The Morgan fingerprint density at radius 1 is 1.21 bits per heavy atom. The molecule has 0 fully saturated rings. The molecule has 0 saturated heterocycles. The van der Waals surface area contributed by atoms with E-state index in [1.54, 1.807) is 46.8 Å². The number of carbonyl (C=O) groups is 2. The largest absolute Gasteiger partial charge is 0.478 e. The zero-order valence-electron chi connectivity index (χ0n) is 14.3. The fourth-order valence-corrected chi connectivity index (χ4v) is 3.62. The van der Waals surface area contributed by atoms with Crippen molar-refractivity contribution in [3.8, 4) is 0 Å². The van der Waals surface area contributed by atoms with Gasteiger partial charge in [0.05, 0.1) is 16.1 Å². The van der Waals surface area contributed by atoms with Gasteiger partial charge in [-0.3, -0.25) is 4.79 Å². The van der Waals surface area contributed by atoms with Gasteiger partial charge in [0.2, 0.25) is 0 Å². The summed E-state index contributed by atoms with van der Waals surface area (Å²) in [6, 6.07) is 4.65. The number of carboxylic acid groups (broad SMARTS) is 1. The highest BCUT2D eigenvalue weighted by Gasteiger charge is 2.30. The van der Waals surface area contributed by atoms with Gasteiger partial charge in [0.25, 0.3) is 0 Å². The molecule has 0 bridgehead atoms. The van der Waals surface area contributed by atoms with E-state index in [9.17, 15) is 19.1 Å². The molecule has 2 rings (SSSR count). The van der Waals surface area contributed by atoms with Crippen LogP contribution >= 0.6 is 11.3 Å². The lowest BCUT2D eigenvalue weighted by atomic mass is 9.88. The molecule has 2 aromatic rings. The Labute approximate surface area is 144 Å². The van der Waals surface area contributed by atoms with Crippen molar-refractivity contribution in [2.24, 2.45) is 5.41 Å². The molecule has 1 aromatic heterocycles. The van der Waals surface area contributed by atoms with Crippen LogP contribution in [0.1, 0.15) is 51.9 Å². The maximum Gasteiger partial charge on any atom is 0.339 e. The van der Waals surface area contributed by atoms with Crippen LogP contribution in [0, 0.1) is 25.1 Å². The van der Waals surface area contributed by atoms with Crippen molar-refractivity contribution >= 4 is 33.8 Å². The number of carbonyl (C=O) groups excluding carboxylic acids is 1. The van der Waals surface area contributed by atoms with Gasteiger partial charge in [-0.15, -0.1) is 11.3 Å². The van der Waals surface area contributed by atoms with E-state index in [1.165, 1.54) is 6.07 Å². The predicted octanol–water partition coefficient (Wildman–Crippen LogP) is 5.17. The summed E-state index contributed by atoms with van der Waals surface area (Å²) in [5.74, 6) is -1.75. The van der Waals surface area contributed by atoms with Crippen molar-refractivity contribution in [1.82, 2.24) is 0 Å². The van der Waals surface area contributed by atoms with Crippen LogP contribution < -0.4 is 5.32 Å². The number of ketones is 1. The summed E-state index contributed by atoms with van der Waals surface area (Å²) >= 11 is 1.05. The molecule has 0 atom stereocenters. The minimum absolute atomic E-state index is 0.00701. The molecule has 0 amide bonds. The Bertz CT molecular complexity index is 818. The highest BCUT2D eigenvalue weighted by Crippen LogP contribution is 2.38. The van der Waals surface area contributed by atoms with Gasteiger partial charge < -0.3 is 10.4 Å². The summed E-state index contributed by atoms with van der Waals surface area (Å²) in [6.45, 7) is 8.71. The number of nitrogens with one attached hydrogen (secondary N) is 1. The third kappa shape index (κ3) is 3.48. The lowest BCUT2D eigenvalue weighted by Gasteiger charge is -2.15. The topological polar surface area (TPSA) is 66.4 Å². The first-order valence-corrected chi connectivity index (χ1v) is 8.28. The molecule has 1 heterocycles. The molecule has 4 nitrogen and oxygen atoms in total. The van der Waals surface area contributed by atoms with E-state index in [0.29, 0.717) is 10.4 Å². The van der Waals surface area contributed by atoms with Gasteiger partial charge in [-0.1, -0.05) is 26.8 Å². The maximum absolute atomic E-state index is 14.1. The third-order valence-corrected chi connectivity index (χ3v) is 4.83. The van der Waals surface area contributed by atoms with Crippen LogP contribution in [0.2, 0.25) is 0 Å². The summed E-state index contributed by atoms with van der Waals surface area (Å²) in [6.07, 6.45) is 0. The van der Waals surface area contributed by atoms with E-state index in [-0.39, 0.29) is 22.0 Å². The van der Waals surface area contributed by atoms with Gasteiger partial charge in [0.15, 0.2) is 5.78 Å². The standard InChI is InChI=1S/C18H20FNO3S/c1-9-6-7-12(11(19)8-9)20-16-13(17(22)23)10(2)14(24-16)15(21)18(3,4)5/h6-8,20H,1-5H3,(H,22,23). The summed E-state index contributed by atoms with van der Waals surface area (Å²) in [7, 11) is 0. The lowest BCUT2D eigenvalue weighted by molar-refractivity contribution is 0.0697. The van der Waals surface area contributed by atoms with Crippen molar-refractivity contribution in [1.29, 1.82) is 0 Å². The Morgan fingerprint density at radius 3 is 2.33 bits per heavy atom. The van der Waals surface area contributed by atoms with E-state index in [4.69, 9.17) is 0 Å². The van der Waals surface area contributed by atoms with Gasteiger partial charge in [0.1, 0.15) is 10.8 Å². The molecule has 0 spiro atoms. The van der Waals surface area contributed by atoms with E-state index in [1.807, 2.05) is 0 Å². The highest BCUT2D eigenvalue weighted by atomic mass is 32.1. The summed E-state index contributed by atoms with van der Waals surface area (Å²) in [5, 5.41) is 12.6. The number of hydrogen-bond donors (Lipinski definition) is 2. The van der Waals surface area contributed by atoms with Crippen LogP contribution in [-0.2, 0) is 0 Å². The van der Waals surface area contributed by atoms with E-state index in [0.717, 1.165) is 16.9 Å². The number of anilines is 2. The number of aryl methyl sites for hydroxylation is 1. The van der Waals surface area contributed by atoms with Crippen LogP contribution in [0.4, 0.5) is 15.1 Å². The molecular weight excluding hydrogens is 329 g/mol. The number of halogens is 1. The fraction of sp³-hybridized carbons (Fsp3) is 0.333. The number of carboxylic acids is 1. The van der Waals surface area contributed by atoms with Crippen molar-refractivity contribution in [3.63, 3.8) is 0 Å². The number of aromatic carboxylic acids is 1. The van der Waals surface area contributed by atoms with Crippen LogP contribution in [0.25, 0.3) is 0 Å². The molecule has 0 radical (unpaired) electrons. The number of thiophene rings is 1. The summed E-state index contributed by atoms with van der Waals surface area (Å²) in [4.78, 5) is 24.6. The fourth-order valence-electron chi connectivity index (χ4n) is 2.26. The predicted molar refractivity (Wildman–Crippen MR) is 94.2 cm³/mol. The molecule has 0 saturated carbocycles. The molecule has 2 N–H and O–H groups in total.